The molecule has 100 valence electrons. The number of carbonyl (C=O) groups is 3. The van der Waals surface area contributed by atoms with Crippen molar-refractivity contribution in [1.29, 1.82) is 0 Å². The molecule has 2 aliphatic rings. The molecule has 1 aliphatic carbocycles. The van der Waals surface area contributed by atoms with Crippen LogP contribution in [-0.2, 0) is 9.59 Å². The van der Waals surface area contributed by atoms with Crippen molar-refractivity contribution in [2.24, 2.45) is 5.92 Å². The summed E-state index contributed by atoms with van der Waals surface area (Å²) in [6.07, 6.45) is -4.13. The number of hydrogen-bond acceptors (Lipinski definition) is 3. The first kappa shape index (κ1) is 12.7. The lowest BCUT2D eigenvalue weighted by atomic mass is 10.1. The summed E-state index contributed by atoms with van der Waals surface area (Å²) < 4.78 is 38.9. The highest BCUT2D eigenvalue weighted by Crippen LogP contribution is 2.35. The average Bonchev–Trinajstić information content (AvgIpc) is 3.04. The maximum absolute atomic E-state index is 13.0. The second kappa shape index (κ2) is 3.59. The molecule has 2 rings (SSSR count). The van der Waals surface area contributed by atoms with E-state index < -0.39 is 35.6 Å². The molecule has 6 nitrogen and oxygen atoms in total. The molecule has 18 heavy (non-hydrogen) atoms. The molecular formula is C9H10F3N3O3. The fraction of sp³-hybridized carbons (Fsp3) is 0.667. The Morgan fingerprint density at radius 2 is 2.00 bits per heavy atom. The van der Waals surface area contributed by atoms with Crippen molar-refractivity contribution in [1.82, 2.24) is 15.5 Å². The maximum atomic E-state index is 13.0. The van der Waals surface area contributed by atoms with Gasteiger partial charge in [0.05, 0.1) is 0 Å². The maximum Gasteiger partial charge on any atom is 0.440 e. The van der Waals surface area contributed by atoms with Crippen LogP contribution in [0.5, 0.6) is 0 Å². The Hall–Kier alpha value is -1.80. The van der Waals surface area contributed by atoms with Crippen LogP contribution in [0.3, 0.4) is 0 Å². The highest BCUT2D eigenvalue weighted by atomic mass is 19.4. The van der Waals surface area contributed by atoms with Crippen molar-refractivity contribution in [3.63, 3.8) is 0 Å². The number of carbonyl (C=O) groups excluding carboxylic acids is 3. The molecule has 0 bridgehead atoms. The number of rotatable bonds is 2. The molecule has 0 aromatic heterocycles. The standard InChI is InChI=1S/C9H10F3N3O3/c1-15-6(17)8(9(10,11)12,14-7(15)18)13-5(16)4-2-3-4/h4H,2-3H2,1H3,(H,13,16)(H,14,18)/t8-/m0/s1. The van der Waals surface area contributed by atoms with Gasteiger partial charge in [-0.25, -0.2) is 4.79 Å². The van der Waals surface area contributed by atoms with Gasteiger partial charge < -0.3 is 5.32 Å². The van der Waals surface area contributed by atoms with Gasteiger partial charge in [-0.15, -0.1) is 0 Å². The third-order valence-electron chi connectivity index (χ3n) is 2.91. The highest BCUT2D eigenvalue weighted by molar-refractivity contribution is 6.08. The lowest BCUT2D eigenvalue weighted by Crippen LogP contribution is -2.69. The van der Waals surface area contributed by atoms with E-state index in [1.165, 1.54) is 5.32 Å². The molecule has 9 heteroatoms. The van der Waals surface area contributed by atoms with E-state index >= 15 is 0 Å². The van der Waals surface area contributed by atoms with Crippen LogP contribution in [0.1, 0.15) is 12.8 Å². The van der Waals surface area contributed by atoms with Gasteiger partial charge in [0.25, 0.3) is 11.6 Å². The highest BCUT2D eigenvalue weighted by Gasteiger charge is 2.68. The van der Waals surface area contributed by atoms with Crippen LogP contribution < -0.4 is 10.6 Å². The van der Waals surface area contributed by atoms with Gasteiger partial charge in [-0.05, 0) is 12.8 Å². The quantitative estimate of drug-likeness (QED) is 0.687. The van der Waals surface area contributed by atoms with E-state index in [-0.39, 0.29) is 0 Å². The van der Waals surface area contributed by atoms with Crippen LogP contribution in [0, 0.1) is 5.92 Å². The predicted molar refractivity (Wildman–Crippen MR) is 51.0 cm³/mol. The van der Waals surface area contributed by atoms with Crippen LogP contribution >= 0.6 is 0 Å². The smallest absolute Gasteiger partial charge is 0.318 e. The minimum atomic E-state index is -5.10. The second-order valence-corrected chi connectivity index (χ2v) is 4.31. The largest absolute Gasteiger partial charge is 0.440 e. The van der Waals surface area contributed by atoms with Gasteiger partial charge in [-0.1, -0.05) is 0 Å². The minimum absolute atomic E-state index is 0.292. The van der Waals surface area contributed by atoms with E-state index in [1.54, 1.807) is 5.32 Å². The van der Waals surface area contributed by atoms with Crippen LogP contribution in [0.25, 0.3) is 0 Å². The number of nitrogens with one attached hydrogen (secondary N) is 2. The molecule has 1 heterocycles. The normalized spacial score (nSPS) is 28.3. The van der Waals surface area contributed by atoms with E-state index in [0.717, 1.165) is 7.05 Å². The van der Waals surface area contributed by atoms with E-state index in [9.17, 15) is 27.6 Å². The third kappa shape index (κ3) is 1.70. The van der Waals surface area contributed by atoms with Gasteiger partial charge in [-0.2, -0.15) is 13.2 Å². The minimum Gasteiger partial charge on any atom is -0.318 e. The Kier molecular flexibility index (Phi) is 2.53. The summed E-state index contributed by atoms with van der Waals surface area (Å²) in [6, 6.07) is -1.20. The molecule has 0 radical (unpaired) electrons. The number of halogens is 3. The molecule has 1 saturated heterocycles. The molecule has 0 unspecified atom stereocenters. The molecule has 4 amide bonds. The van der Waals surface area contributed by atoms with E-state index in [4.69, 9.17) is 0 Å². The number of likely N-dealkylation sites (N-methyl/N-ethyl adjacent to an activating group) is 1. The Morgan fingerprint density at radius 1 is 1.44 bits per heavy atom. The fourth-order valence-corrected chi connectivity index (χ4v) is 1.62. The molecule has 1 aliphatic heterocycles. The molecular weight excluding hydrogens is 255 g/mol. The molecule has 1 saturated carbocycles. The van der Waals surface area contributed by atoms with Gasteiger partial charge >= 0.3 is 12.2 Å². The lowest BCUT2D eigenvalue weighted by molar-refractivity contribution is -0.204. The summed E-state index contributed by atoms with van der Waals surface area (Å²) in [5.41, 5.74) is -3.33. The zero-order valence-electron chi connectivity index (χ0n) is 9.30. The van der Waals surface area contributed by atoms with Crippen molar-refractivity contribution in [3.05, 3.63) is 0 Å². The summed E-state index contributed by atoms with van der Waals surface area (Å²) >= 11 is 0. The first-order chi connectivity index (χ1) is 8.19. The Bertz CT molecular complexity index is 433. The number of urea groups is 1. The van der Waals surface area contributed by atoms with Crippen LogP contribution in [0.4, 0.5) is 18.0 Å². The average molecular weight is 265 g/mol. The van der Waals surface area contributed by atoms with Gasteiger partial charge in [0.2, 0.25) is 5.91 Å². The number of imide groups is 1. The van der Waals surface area contributed by atoms with Crippen molar-refractivity contribution in [2.45, 2.75) is 24.7 Å². The Balaban J connectivity index is 2.32. The van der Waals surface area contributed by atoms with Gasteiger partial charge in [0.1, 0.15) is 0 Å². The van der Waals surface area contributed by atoms with Gasteiger partial charge in [0, 0.05) is 13.0 Å². The number of amides is 4. The van der Waals surface area contributed by atoms with Crippen molar-refractivity contribution in [3.8, 4) is 0 Å². The summed E-state index contributed by atoms with van der Waals surface area (Å²) in [4.78, 5) is 34.5. The molecule has 1 atom stereocenters. The molecule has 0 spiro atoms. The Labute approximate surface area is 99.5 Å². The van der Waals surface area contributed by atoms with E-state index in [1.807, 2.05) is 0 Å². The number of nitrogens with zero attached hydrogens (tertiary/aromatic N) is 1. The lowest BCUT2D eigenvalue weighted by Gasteiger charge is -2.29. The number of hydrogen-bond donors (Lipinski definition) is 2. The first-order valence-electron chi connectivity index (χ1n) is 5.18. The van der Waals surface area contributed by atoms with Crippen molar-refractivity contribution >= 4 is 17.8 Å². The molecule has 0 aromatic rings. The first-order valence-corrected chi connectivity index (χ1v) is 5.18. The fourth-order valence-electron chi connectivity index (χ4n) is 1.62. The zero-order chi connectivity index (χ0) is 13.7. The van der Waals surface area contributed by atoms with E-state index in [0.29, 0.717) is 17.7 Å². The van der Waals surface area contributed by atoms with Crippen molar-refractivity contribution < 1.29 is 27.6 Å². The van der Waals surface area contributed by atoms with Gasteiger partial charge in [-0.3, -0.25) is 19.8 Å². The summed E-state index contributed by atoms with van der Waals surface area (Å²) in [5.74, 6) is -2.93. The number of alkyl halides is 3. The Morgan fingerprint density at radius 3 is 2.33 bits per heavy atom. The van der Waals surface area contributed by atoms with Crippen molar-refractivity contribution in [2.75, 3.05) is 7.05 Å². The van der Waals surface area contributed by atoms with Crippen LogP contribution in [0.2, 0.25) is 0 Å². The zero-order valence-corrected chi connectivity index (χ0v) is 9.30. The molecule has 2 fully saturated rings. The molecule has 0 aromatic carbocycles. The monoisotopic (exact) mass is 265 g/mol. The predicted octanol–water partition coefficient (Wildman–Crippen LogP) is -0.0472. The summed E-state index contributed by atoms with van der Waals surface area (Å²) in [7, 11) is 0.911. The third-order valence-corrected chi connectivity index (χ3v) is 2.91. The summed E-state index contributed by atoms with van der Waals surface area (Å²) in [6.45, 7) is 0. The van der Waals surface area contributed by atoms with Gasteiger partial charge in [0.15, 0.2) is 0 Å². The van der Waals surface area contributed by atoms with Crippen LogP contribution in [0.15, 0.2) is 0 Å². The van der Waals surface area contributed by atoms with Crippen LogP contribution in [-0.4, -0.2) is 41.6 Å². The SMILES string of the molecule is CN1C(=O)N[C@](NC(=O)C2CC2)(C(F)(F)F)C1=O. The molecule has 2 N–H and O–H groups in total. The second-order valence-electron chi connectivity index (χ2n) is 4.31. The topological polar surface area (TPSA) is 78.5 Å². The van der Waals surface area contributed by atoms with E-state index in [2.05, 4.69) is 0 Å². The summed E-state index contributed by atoms with van der Waals surface area (Å²) in [5, 5.41) is 3.12.